The predicted octanol–water partition coefficient (Wildman–Crippen LogP) is 2.70. The molecule has 1 aromatic carbocycles. The second kappa shape index (κ2) is 4.75. The van der Waals surface area contributed by atoms with Gasteiger partial charge in [-0.3, -0.25) is 0 Å². The monoisotopic (exact) mass is 262 g/mol. The van der Waals surface area contributed by atoms with Crippen molar-refractivity contribution < 1.29 is 0 Å². The van der Waals surface area contributed by atoms with E-state index in [0.29, 0.717) is 11.9 Å². The van der Waals surface area contributed by atoms with Gasteiger partial charge in [-0.15, -0.1) is 0 Å². The molecule has 0 saturated heterocycles. The third-order valence-electron chi connectivity index (χ3n) is 3.64. The largest absolute Gasteiger partial charge is 0.338 e. The number of nitriles is 2. The summed E-state index contributed by atoms with van der Waals surface area (Å²) in [5.74, 6) is 0.633. The summed E-state index contributed by atoms with van der Waals surface area (Å²) in [6.07, 6.45) is 2.21. The predicted molar refractivity (Wildman–Crippen MR) is 75.3 cm³/mol. The van der Waals surface area contributed by atoms with Crippen LogP contribution < -0.4 is 5.32 Å². The van der Waals surface area contributed by atoms with Crippen LogP contribution in [0.4, 0.5) is 0 Å². The van der Waals surface area contributed by atoms with Crippen LogP contribution in [0.3, 0.4) is 0 Å². The highest BCUT2D eigenvalue weighted by molar-refractivity contribution is 5.72. The van der Waals surface area contributed by atoms with Crippen molar-refractivity contribution in [2.75, 3.05) is 0 Å². The van der Waals surface area contributed by atoms with Gasteiger partial charge in [0.15, 0.2) is 5.57 Å². The van der Waals surface area contributed by atoms with Crippen molar-refractivity contribution in [2.24, 2.45) is 0 Å². The molecule has 1 N–H and O–H groups in total. The van der Waals surface area contributed by atoms with Crippen LogP contribution in [0.15, 0.2) is 47.4 Å². The van der Waals surface area contributed by atoms with E-state index in [-0.39, 0.29) is 5.57 Å². The van der Waals surface area contributed by atoms with Crippen LogP contribution in [0.5, 0.6) is 0 Å². The van der Waals surface area contributed by atoms with Gasteiger partial charge in [0.2, 0.25) is 0 Å². The summed E-state index contributed by atoms with van der Waals surface area (Å²) < 4.78 is 0. The Morgan fingerprint density at radius 1 is 1.20 bits per heavy atom. The second-order valence-corrected chi connectivity index (χ2v) is 5.00. The average molecular weight is 262 g/mol. The molecule has 0 bridgehead atoms. The average Bonchev–Trinajstić information content (AvgIpc) is 3.26. The fraction of sp³-hybridized carbons (Fsp3) is 0.250. The van der Waals surface area contributed by atoms with Crippen molar-refractivity contribution in [1.29, 1.82) is 10.5 Å². The maximum absolute atomic E-state index is 9.13. The number of benzene rings is 1. The Labute approximate surface area is 118 Å². The topological polar surface area (TPSA) is 62.9 Å². The van der Waals surface area contributed by atoms with Gasteiger partial charge in [0.05, 0.1) is 5.70 Å². The first-order valence-corrected chi connectivity index (χ1v) is 6.63. The van der Waals surface area contributed by atoms with Crippen LogP contribution in [0.2, 0.25) is 0 Å². The van der Waals surface area contributed by atoms with Crippen molar-refractivity contribution in [3.63, 3.8) is 0 Å². The Morgan fingerprint density at radius 2 is 1.85 bits per heavy atom. The Balaban J connectivity index is 2.08. The minimum Gasteiger partial charge on any atom is -0.338 e. The Bertz CT molecular complexity index is 665. The lowest BCUT2D eigenvalue weighted by molar-refractivity contribution is 0.423. The van der Waals surface area contributed by atoms with E-state index < -0.39 is 0 Å². The maximum Gasteiger partial charge on any atom is 0.170 e. The van der Waals surface area contributed by atoms with Gasteiger partial charge in [-0.05, 0) is 25.3 Å². The molecule has 2 aliphatic rings. The maximum atomic E-state index is 9.13. The second-order valence-electron chi connectivity index (χ2n) is 5.00. The highest BCUT2D eigenvalue weighted by atomic mass is 15.3. The molecule has 1 aliphatic carbocycles. The third kappa shape index (κ3) is 1.92. The van der Waals surface area contributed by atoms with E-state index in [4.69, 9.17) is 10.5 Å². The molecule has 0 spiro atoms. The normalized spacial score (nSPS) is 17.6. The smallest absolute Gasteiger partial charge is 0.170 e. The quantitative estimate of drug-likeness (QED) is 0.832. The van der Waals surface area contributed by atoms with E-state index in [9.17, 15) is 0 Å². The van der Waals surface area contributed by atoms with Crippen molar-refractivity contribution in [3.05, 3.63) is 53.0 Å². The minimum atomic E-state index is 0.141. The van der Waals surface area contributed by atoms with E-state index in [1.807, 2.05) is 49.4 Å². The number of nitrogens with one attached hydrogen (secondary N) is 1. The van der Waals surface area contributed by atoms with Crippen LogP contribution >= 0.6 is 0 Å². The van der Waals surface area contributed by atoms with Gasteiger partial charge in [0.1, 0.15) is 18.0 Å². The van der Waals surface area contributed by atoms with E-state index in [1.165, 1.54) is 0 Å². The van der Waals surface area contributed by atoms with Crippen LogP contribution in [-0.2, 0) is 0 Å². The first kappa shape index (κ1) is 12.3. The lowest BCUT2D eigenvalue weighted by Crippen LogP contribution is -2.24. The van der Waals surface area contributed by atoms with Gasteiger partial charge in [0.25, 0.3) is 0 Å². The molecule has 0 amide bonds. The molecule has 1 aromatic rings. The Kier molecular flexibility index (Phi) is 2.93. The van der Waals surface area contributed by atoms with Crippen LogP contribution in [0.1, 0.15) is 25.3 Å². The lowest BCUT2D eigenvalue weighted by Gasteiger charge is -2.20. The van der Waals surface area contributed by atoms with Crippen molar-refractivity contribution >= 4 is 5.70 Å². The Morgan fingerprint density at radius 3 is 2.40 bits per heavy atom. The molecular weight excluding hydrogens is 248 g/mol. The molecule has 0 radical (unpaired) electrons. The summed E-state index contributed by atoms with van der Waals surface area (Å²) in [6.45, 7) is 2.03. The van der Waals surface area contributed by atoms with Gasteiger partial charge < -0.3 is 10.2 Å². The third-order valence-corrected chi connectivity index (χ3v) is 3.64. The molecule has 1 heterocycles. The van der Waals surface area contributed by atoms with Crippen molar-refractivity contribution in [3.8, 4) is 12.1 Å². The van der Waals surface area contributed by atoms with Crippen LogP contribution in [0.25, 0.3) is 5.70 Å². The molecule has 1 aliphatic heterocycles. The molecule has 98 valence electrons. The van der Waals surface area contributed by atoms with Gasteiger partial charge in [-0.25, -0.2) is 0 Å². The number of allylic oxidation sites excluding steroid dienone is 2. The summed E-state index contributed by atoms with van der Waals surface area (Å²) in [4.78, 5) is 2.10. The fourth-order valence-corrected chi connectivity index (χ4v) is 2.55. The first-order valence-electron chi connectivity index (χ1n) is 6.63. The molecule has 0 aromatic heterocycles. The van der Waals surface area contributed by atoms with Crippen molar-refractivity contribution in [2.45, 2.75) is 25.8 Å². The molecule has 1 fully saturated rings. The summed E-state index contributed by atoms with van der Waals surface area (Å²) in [5, 5.41) is 21.5. The molecule has 4 nitrogen and oxygen atoms in total. The standard InChI is InChI=1S/C16H14N4/c1-11-15(12-5-3-2-4-6-12)19-16(13(9-17)10-18)20(11)14-7-8-14/h2-6,14,19H,7-8H2,1H3. The molecular formula is C16H14N4. The zero-order valence-electron chi connectivity index (χ0n) is 11.2. The highest BCUT2D eigenvalue weighted by Crippen LogP contribution is 2.39. The molecule has 20 heavy (non-hydrogen) atoms. The molecule has 0 unspecified atom stereocenters. The zero-order chi connectivity index (χ0) is 14.1. The molecule has 1 saturated carbocycles. The van der Waals surface area contributed by atoms with Gasteiger partial charge in [-0.1, -0.05) is 30.3 Å². The number of hydrogen-bond acceptors (Lipinski definition) is 4. The molecule has 3 rings (SSSR count). The summed E-state index contributed by atoms with van der Waals surface area (Å²) >= 11 is 0. The molecule has 0 atom stereocenters. The number of rotatable bonds is 2. The number of nitrogens with zero attached hydrogens (tertiary/aromatic N) is 3. The summed E-state index contributed by atoms with van der Waals surface area (Å²) in [5.41, 5.74) is 3.27. The summed E-state index contributed by atoms with van der Waals surface area (Å²) in [7, 11) is 0. The van der Waals surface area contributed by atoms with E-state index in [0.717, 1.165) is 29.8 Å². The van der Waals surface area contributed by atoms with E-state index in [2.05, 4.69) is 10.2 Å². The van der Waals surface area contributed by atoms with Gasteiger partial charge in [-0.2, -0.15) is 10.5 Å². The van der Waals surface area contributed by atoms with Crippen molar-refractivity contribution in [1.82, 2.24) is 10.2 Å². The number of hydrogen-bond donors (Lipinski definition) is 1. The highest BCUT2D eigenvalue weighted by Gasteiger charge is 2.38. The zero-order valence-corrected chi connectivity index (χ0v) is 11.2. The van der Waals surface area contributed by atoms with Crippen LogP contribution in [0, 0.1) is 22.7 Å². The summed E-state index contributed by atoms with van der Waals surface area (Å²) in [6, 6.07) is 14.4. The lowest BCUT2D eigenvalue weighted by atomic mass is 10.1. The Hall–Kier alpha value is -2.72. The SMILES string of the molecule is CC1=C(c2ccccc2)NC(=C(C#N)C#N)N1C1CC1. The fourth-order valence-electron chi connectivity index (χ4n) is 2.55. The van der Waals surface area contributed by atoms with E-state index in [1.54, 1.807) is 0 Å². The van der Waals surface area contributed by atoms with Gasteiger partial charge in [0, 0.05) is 11.7 Å². The first-order chi connectivity index (χ1) is 9.76. The van der Waals surface area contributed by atoms with Gasteiger partial charge >= 0.3 is 0 Å². The molecule has 4 heteroatoms. The minimum absolute atomic E-state index is 0.141. The van der Waals surface area contributed by atoms with E-state index >= 15 is 0 Å². The van der Waals surface area contributed by atoms with Crippen LogP contribution in [-0.4, -0.2) is 10.9 Å².